The van der Waals surface area contributed by atoms with Crippen molar-refractivity contribution in [3.63, 3.8) is 0 Å². The number of amides is 2. The second kappa shape index (κ2) is 4.97. The molecule has 1 aliphatic heterocycles. The van der Waals surface area contributed by atoms with Crippen LogP contribution in [-0.2, 0) is 16.1 Å². The molecule has 2 heterocycles. The van der Waals surface area contributed by atoms with Crippen LogP contribution >= 0.6 is 27.3 Å². The van der Waals surface area contributed by atoms with Crippen LogP contribution in [0.2, 0.25) is 0 Å². The van der Waals surface area contributed by atoms with E-state index in [1.165, 1.54) is 0 Å². The molecule has 0 saturated carbocycles. The van der Waals surface area contributed by atoms with E-state index in [1.807, 2.05) is 11.4 Å². The van der Waals surface area contributed by atoms with Crippen molar-refractivity contribution in [1.29, 1.82) is 0 Å². The van der Waals surface area contributed by atoms with Gasteiger partial charge in [-0.05, 0) is 22.0 Å². The first-order valence-electron chi connectivity index (χ1n) is 4.92. The zero-order valence-electron chi connectivity index (χ0n) is 8.53. The zero-order chi connectivity index (χ0) is 11.5. The molecular formula is C10H11BrN2O2S. The summed E-state index contributed by atoms with van der Waals surface area (Å²) in [6, 6.07) is 2.00. The molecule has 0 aromatic carbocycles. The lowest BCUT2D eigenvalue weighted by Crippen LogP contribution is -2.34. The molecule has 1 aromatic rings. The predicted octanol–water partition coefficient (Wildman–Crippen LogP) is 1.36. The molecule has 0 aliphatic carbocycles. The fourth-order valence-corrected chi connectivity index (χ4v) is 2.99. The van der Waals surface area contributed by atoms with E-state index >= 15 is 0 Å². The van der Waals surface area contributed by atoms with Gasteiger partial charge in [-0.2, -0.15) is 0 Å². The third kappa shape index (κ3) is 2.82. The number of nitrogens with one attached hydrogen (secondary N) is 1. The summed E-state index contributed by atoms with van der Waals surface area (Å²) >= 11 is 4.98. The topological polar surface area (TPSA) is 49.4 Å². The Kier molecular flexibility index (Phi) is 3.60. The van der Waals surface area contributed by atoms with Crippen LogP contribution in [0.15, 0.2) is 15.9 Å². The van der Waals surface area contributed by atoms with Gasteiger partial charge in [0.25, 0.3) is 0 Å². The first-order chi connectivity index (χ1) is 7.65. The summed E-state index contributed by atoms with van der Waals surface area (Å²) in [5, 5.41) is 4.57. The lowest BCUT2D eigenvalue weighted by molar-refractivity contribution is -0.130. The van der Waals surface area contributed by atoms with Crippen molar-refractivity contribution in [2.45, 2.75) is 13.0 Å². The van der Waals surface area contributed by atoms with Crippen molar-refractivity contribution in [1.82, 2.24) is 10.2 Å². The Bertz CT molecular complexity index is 419. The molecule has 6 heteroatoms. The van der Waals surface area contributed by atoms with E-state index in [4.69, 9.17) is 0 Å². The average Bonchev–Trinajstić information content (AvgIpc) is 2.59. The summed E-state index contributed by atoms with van der Waals surface area (Å²) in [6.07, 6.45) is 0.387. The second-order valence-corrected chi connectivity index (χ2v) is 5.48. The molecule has 0 unspecified atom stereocenters. The minimum atomic E-state index is -0.0526. The van der Waals surface area contributed by atoms with Crippen LogP contribution in [0.5, 0.6) is 0 Å². The molecule has 16 heavy (non-hydrogen) atoms. The van der Waals surface area contributed by atoms with Crippen LogP contribution in [0.1, 0.15) is 11.3 Å². The molecule has 4 nitrogen and oxygen atoms in total. The highest BCUT2D eigenvalue weighted by atomic mass is 79.9. The van der Waals surface area contributed by atoms with E-state index in [2.05, 4.69) is 21.2 Å². The lowest BCUT2D eigenvalue weighted by Gasteiger charge is -2.18. The fourth-order valence-electron chi connectivity index (χ4n) is 1.53. The molecule has 2 rings (SSSR count). The van der Waals surface area contributed by atoms with Gasteiger partial charge in [0.05, 0.1) is 13.1 Å². The van der Waals surface area contributed by atoms with Crippen LogP contribution in [0.25, 0.3) is 0 Å². The summed E-state index contributed by atoms with van der Waals surface area (Å²) in [7, 11) is 0. The fraction of sp³-hybridized carbons (Fsp3) is 0.400. The van der Waals surface area contributed by atoms with Gasteiger partial charge in [-0.3, -0.25) is 9.59 Å². The monoisotopic (exact) mass is 302 g/mol. The average molecular weight is 303 g/mol. The van der Waals surface area contributed by atoms with Crippen molar-refractivity contribution in [2.24, 2.45) is 0 Å². The molecule has 1 saturated heterocycles. The maximum absolute atomic E-state index is 11.7. The molecule has 86 valence electrons. The van der Waals surface area contributed by atoms with Gasteiger partial charge in [0.1, 0.15) is 0 Å². The number of nitrogens with zero attached hydrogens (tertiary/aromatic N) is 1. The predicted molar refractivity (Wildman–Crippen MR) is 65.1 cm³/mol. The van der Waals surface area contributed by atoms with Gasteiger partial charge in [0.2, 0.25) is 11.8 Å². The van der Waals surface area contributed by atoms with Crippen LogP contribution in [0, 0.1) is 0 Å². The van der Waals surface area contributed by atoms with Gasteiger partial charge >= 0.3 is 0 Å². The summed E-state index contributed by atoms with van der Waals surface area (Å²) in [5.41, 5.74) is 0. The van der Waals surface area contributed by atoms with Crippen molar-refractivity contribution in [3.05, 3.63) is 20.8 Å². The number of hydrogen-bond donors (Lipinski definition) is 1. The van der Waals surface area contributed by atoms with Gasteiger partial charge < -0.3 is 10.2 Å². The number of hydrogen-bond acceptors (Lipinski definition) is 3. The Morgan fingerprint density at radius 1 is 1.50 bits per heavy atom. The number of carbonyl (C=O) groups is 2. The molecule has 0 bridgehead atoms. The van der Waals surface area contributed by atoms with E-state index in [1.54, 1.807) is 16.2 Å². The van der Waals surface area contributed by atoms with Crippen LogP contribution in [0.4, 0.5) is 0 Å². The summed E-state index contributed by atoms with van der Waals surface area (Å²) in [6.45, 7) is 1.20. The Balaban J connectivity index is 2.02. The summed E-state index contributed by atoms with van der Waals surface area (Å²) in [4.78, 5) is 25.6. The van der Waals surface area contributed by atoms with E-state index < -0.39 is 0 Å². The van der Waals surface area contributed by atoms with Crippen LogP contribution in [-0.4, -0.2) is 29.8 Å². The molecule has 0 radical (unpaired) electrons. The van der Waals surface area contributed by atoms with Crippen molar-refractivity contribution in [2.75, 3.05) is 13.1 Å². The summed E-state index contributed by atoms with van der Waals surface area (Å²) in [5.74, 6) is -0.0708. The largest absolute Gasteiger partial charge is 0.347 e. The van der Waals surface area contributed by atoms with E-state index in [0.717, 1.165) is 9.35 Å². The van der Waals surface area contributed by atoms with Gasteiger partial charge in [0.15, 0.2) is 0 Å². The SMILES string of the molecule is O=C1CCN(Cc2cc(Br)cs2)C(=O)CN1. The third-order valence-corrected chi connectivity index (χ3v) is 4.05. The Morgan fingerprint density at radius 3 is 3.00 bits per heavy atom. The first-order valence-corrected chi connectivity index (χ1v) is 6.60. The number of thiophene rings is 1. The van der Waals surface area contributed by atoms with Gasteiger partial charge in [-0.1, -0.05) is 0 Å². The Morgan fingerprint density at radius 2 is 2.31 bits per heavy atom. The minimum Gasteiger partial charge on any atom is -0.347 e. The normalized spacial score (nSPS) is 17.2. The molecule has 0 atom stereocenters. The Hall–Kier alpha value is -0.880. The molecule has 1 aromatic heterocycles. The number of rotatable bonds is 2. The third-order valence-electron chi connectivity index (χ3n) is 2.37. The van der Waals surface area contributed by atoms with Crippen LogP contribution < -0.4 is 5.32 Å². The van der Waals surface area contributed by atoms with Gasteiger partial charge in [-0.15, -0.1) is 11.3 Å². The number of carbonyl (C=O) groups excluding carboxylic acids is 2. The van der Waals surface area contributed by atoms with Crippen molar-refractivity contribution in [3.8, 4) is 0 Å². The van der Waals surface area contributed by atoms with Crippen molar-refractivity contribution < 1.29 is 9.59 Å². The molecule has 1 N–H and O–H groups in total. The standard InChI is InChI=1S/C10H11BrN2O2S/c11-7-3-8(16-6-7)5-13-2-1-9(14)12-4-10(13)15/h3,6H,1-2,4-5H2,(H,12,14). The van der Waals surface area contributed by atoms with E-state index in [9.17, 15) is 9.59 Å². The van der Waals surface area contributed by atoms with E-state index in [-0.39, 0.29) is 18.4 Å². The van der Waals surface area contributed by atoms with Crippen LogP contribution in [0.3, 0.4) is 0 Å². The van der Waals surface area contributed by atoms with E-state index in [0.29, 0.717) is 19.5 Å². The smallest absolute Gasteiger partial charge is 0.242 e. The highest BCUT2D eigenvalue weighted by Gasteiger charge is 2.20. The van der Waals surface area contributed by atoms with Crippen molar-refractivity contribution >= 4 is 39.1 Å². The molecule has 1 aliphatic rings. The maximum atomic E-state index is 11.7. The highest BCUT2D eigenvalue weighted by Crippen LogP contribution is 2.21. The first kappa shape index (κ1) is 11.6. The van der Waals surface area contributed by atoms with Gasteiger partial charge in [-0.25, -0.2) is 0 Å². The maximum Gasteiger partial charge on any atom is 0.242 e. The zero-order valence-corrected chi connectivity index (χ0v) is 10.9. The minimum absolute atomic E-state index is 0.0182. The molecule has 1 fully saturated rings. The Labute approximate surface area is 106 Å². The van der Waals surface area contributed by atoms with Gasteiger partial charge in [0, 0.05) is 27.7 Å². The summed E-state index contributed by atoms with van der Waals surface area (Å²) < 4.78 is 1.03. The second-order valence-electron chi connectivity index (χ2n) is 3.57. The molecular weight excluding hydrogens is 292 g/mol. The quantitative estimate of drug-likeness (QED) is 0.897. The lowest BCUT2D eigenvalue weighted by atomic mass is 10.3. The number of halogens is 1. The highest BCUT2D eigenvalue weighted by molar-refractivity contribution is 9.10. The molecule has 0 spiro atoms. The molecule has 2 amide bonds.